The van der Waals surface area contributed by atoms with E-state index < -0.39 is 0 Å². The van der Waals surface area contributed by atoms with Crippen LogP contribution in [0, 0.1) is 6.92 Å². The SMILES string of the molecule is COc1ccc2[nH]cc(C=Cc3nc4ccccc4c(=O)n3-c3ccc(C)cc3)c2c1. The summed E-state index contributed by atoms with van der Waals surface area (Å²) in [5.41, 5.74) is 4.52. The molecule has 2 aromatic heterocycles. The Balaban J connectivity index is 1.70. The van der Waals surface area contributed by atoms with E-state index in [4.69, 9.17) is 9.72 Å². The molecule has 0 amide bonds. The second-order valence-corrected chi connectivity index (χ2v) is 7.45. The predicted octanol–water partition coefficient (Wildman–Crippen LogP) is 5.35. The van der Waals surface area contributed by atoms with Gasteiger partial charge in [-0.2, -0.15) is 0 Å². The summed E-state index contributed by atoms with van der Waals surface area (Å²) in [7, 11) is 1.66. The van der Waals surface area contributed by atoms with Crippen molar-refractivity contribution in [3.8, 4) is 11.4 Å². The Hall–Kier alpha value is -4.12. The third kappa shape index (κ3) is 3.40. The maximum atomic E-state index is 13.4. The maximum Gasteiger partial charge on any atom is 0.266 e. The molecule has 0 fully saturated rings. The fourth-order valence-electron chi connectivity index (χ4n) is 3.76. The van der Waals surface area contributed by atoms with Crippen molar-refractivity contribution >= 4 is 34.0 Å². The zero-order valence-corrected chi connectivity index (χ0v) is 17.3. The van der Waals surface area contributed by atoms with Gasteiger partial charge >= 0.3 is 0 Å². The molecule has 5 heteroatoms. The monoisotopic (exact) mass is 407 g/mol. The van der Waals surface area contributed by atoms with Crippen LogP contribution in [-0.4, -0.2) is 21.6 Å². The number of aryl methyl sites for hydroxylation is 1. The predicted molar refractivity (Wildman–Crippen MR) is 126 cm³/mol. The number of benzene rings is 3. The van der Waals surface area contributed by atoms with Gasteiger partial charge in [0, 0.05) is 22.7 Å². The van der Waals surface area contributed by atoms with Gasteiger partial charge in [0.1, 0.15) is 11.6 Å². The van der Waals surface area contributed by atoms with Crippen molar-refractivity contribution in [3.05, 3.63) is 100 Å². The van der Waals surface area contributed by atoms with Crippen LogP contribution in [0.5, 0.6) is 5.75 Å². The molecule has 5 nitrogen and oxygen atoms in total. The molecule has 0 unspecified atom stereocenters. The fraction of sp³-hybridized carbons (Fsp3) is 0.0769. The quantitative estimate of drug-likeness (QED) is 0.437. The minimum absolute atomic E-state index is 0.0882. The highest BCUT2D eigenvalue weighted by atomic mass is 16.5. The molecule has 5 rings (SSSR count). The third-order valence-corrected chi connectivity index (χ3v) is 5.43. The van der Waals surface area contributed by atoms with Crippen LogP contribution in [0.2, 0.25) is 0 Å². The number of hydrogen-bond acceptors (Lipinski definition) is 3. The molecular weight excluding hydrogens is 386 g/mol. The Labute approximate surface area is 179 Å². The summed E-state index contributed by atoms with van der Waals surface area (Å²) >= 11 is 0. The first kappa shape index (κ1) is 18.9. The van der Waals surface area contributed by atoms with Gasteiger partial charge in [0.05, 0.1) is 23.7 Å². The van der Waals surface area contributed by atoms with Gasteiger partial charge in [0.2, 0.25) is 0 Å². The Morgan fingerprint density at radius 3 is 2.58 bits per heavy atom. The van der Waals surface area contributed by atoms with Gasteiger partial charge in [-0.05, 0) is 61.5 Å². The summed E-state index contributed by atoms with van der Waals surface area (Å²) in [6, 6.07) is 21.2. The number of nitrogens with zero attached hydrogens (tertiary/aromatic N) is 2. The van der Waals surface area contributed by atoms with Crippen LogP contribution >= 0.6 is 0 Å². The normalized spacial score (nSPS) is 11.5. The summed E-state index contributed by atoms with van der Waals surface area (Å²) in [6.45, 7) is 2.03. The van der Waals surface area contributed by atoms with Crippen molar-refractivity contribution in [2.45, 2.75) is 6.92 Å². The summed E-state index contributed by atoms with van der Waals surface area (Å²) in [6.07, 6.45) is 5.80. The molecule has 2 heterocycles. The molecule has 0 spiro atoms. The Morgan fingerprint density at radius 1 is 0.968 bits per heavy atom. The summed E-state index contributed by atoms with van der Waals surface area (Å²) in [5, 5.41) is 1.64. The number of aromatic nitrogens is 3. The van der Waals surface area contributed by atoms with Crippen LogP contribution < -0.4 is 10.3 Å². The number of rotatable bonds is 4. The fourth-order valence-corrected chi connectivity index (χ4v) is 3.76. The molecule has 0 aliphatic rings. The molecule has 0 saturated carbocycles. The molecule has 0 aliphatic carbocycles. The van der Waals surface area contributed by atoms with Gasteiger partial charge in [-0.3, -0.25) is 9.36 Å². The average molecular weight is 407 g/mol. The summed E-state index contributed by atoms with van der Waals surface area (Å²) in [5.74, 6) is 1.37. The smallest absolute Gasteiger partial charge is 0.266 e. The molecule has 31 heavy (non-hydrogen) atoms. The maximum absolute atomic E-state index is 13.4. The average Bonchev–Trinajstić information content (AvgIpc) is 3.21. The van der Waals surface area contributed by atoms with Crippen molar-refractivity contribution < 1.29 is 4.74 Å². The van der Waals surface area contributed by atoms with Crippen molar-refractivity contribution in [3.63, 3.8) is 0 Å². The van der Waals surface area contributed by atoms with Crippen LogP contribution in [-0.2, 0) is 0 Å². The van der Waals surface area contributed by atoms with Crippen LogP contribution in [0.25, 0.3) is 39.6 Å². The second kappa shape index (κ2) is 7.61. The lowest BCUT2D eigenvalue weighted by Crippen LogP contribution is -2.22. The number of methoxy groups -OCH3 is 1. The van der Waals surface area contributed by atoms with E-state index in [1.54, 1.807) is 11.7 Å². The number of nitrogens with one attached hydrogen (secondary N) is 1. The lowest BCUT2D eigenvalue weighted by molar-refractivity contribution is 0.415. The molecule has 152 valence electrons. The second-order valence-electron chi connectivity index (χ2n) is 7.45. The molecule has 1 N–H and O–H groups in total. The first-order chi connectivity index (χ1) is 15.1. The molecule has 0 aliphatic heterocycles. The molecule has 0 atom stereocenters. The van der Waals surface area contributed by atoms with Crippen molar-refractivity contribution in [1.29, 1.82) is 0 Å². The molecule has 3 aromatic carbocycles. The van der Waals surface area contributed by atoms with E-state index in [-0.39, 0.29) is 5.56 Å². The Kier molecular flexibility index (Phi) is 4.64. The zero-order valence-electron chi connectivity index (χ0n) is 17.3. The van der Waals surface area contributed by atoms with Gasteiger partial charge in [0.25, 0.3) is 5.56 Å². The zero-order chi connectivity index (χ0) is 21.4. The van der Waals surface area contributed by atoms with E-state index in [1.165, 1.54) is 0 Å². The van der Waals surface area contributed by atoms with Crippen LogP contribution in [0.4, 0.5) is 0 Å². The highest BCUT2D eigenvalue weighted by Crippen LogP contribution is 2.25. The van der Waals surface area contributed by atoms with Crippen molar-refractivity contribution in [2.24, 2.45) is 0 Å². The van der Waals surface area contributed by atoms with Gasteiger partial charge < -0.3 is 9.72 Å². The lowest BCUT2D eigenvalue weighted by atomic mass is 10.1. The van der Waals surface area contributed by atoms with Gasteiger partial charge in [-0.15, -0.1) is 0 Å². The number of para-hydroxylation sites is 1. The number of aromatic amines is 1. The topological polar surface area (TPSA) is 59.9 Å². The van der Waals surface area contributed by atoms with Gasteiger partial charge in [-0.1, -0.05) is 29.8 Å². The largest absolute Gasteiger partial charge is 0.497 e. The first-order valence-electron chi connectivity index (χ1n) is 10.1. The number of hydrogen-bond donors (Lipinski definition) is 1. The first-order valence-corrected chi connectivity index (χ1v) is 10.1. The van der Waals surface area contributed by atoms with Crippen LogP contribution in [0.15, 0.2) is 77.7 Å². The van der Waals surface area contributed by atoms with Crippen molar-refractivity contribution in [2.75, 3.05) is 7.11 Å². The van der Waals surface area contributed by atoms with E-state index in [9.17, 15) is 4.79 Å². The van der Waals surface area contributed by atoms with E-state index in [0.717, 1.165) is 33.5 Å². The third-order valence-electron chi connectivity index (χ3n) is 5.43. The highest BCUT2D eigenvalue weighted by Gasteiger charge is 2.11. The van der Waals surface area contributed by atoms with Crippen molar-refractivity contribution in [1.82, 2.24) is 14.5 Å². The molecule has 0 bridgehead atoms. The highest BCUT2D eigenvalue weighted by molar-refractivity contribution is 5.92. The van der Waals surface area contributed by atoms with E-state index >= 15 is 0 Å². The molecule has 5 aromatic rings. The van der Waals surface area contributed by atoms with Gasteiger partial charge in [-0.25, -0.2) is 4.98 Å². The van der Waals surface area contributed by atoms with E-state index in [0.29, 0.717) is 16.7 Å². The number of fused-ring (bicyclic) bond motifs is 2. The number of ether oxygens (including phenoxy) is 1. The van der Waals surface area contributed by atoms with Gasteiger partial charge in [0.15, 0.2) is 0 Å². The summed E-state index contributed by atoms with van der Waals surface area (Å²) < 4.78 is 7.02. The molecular formula is C26H21N3O2. The number of H-pyrrole nitrogens is 1. The van der Waals surface area contributed by atoms with E-state index in [2.05, 4.69) is 4.98 Å². The molecule has 0 saturated heterocycles. The minimum Gasteiger partial charge on any atom is -0.497 e. The molecule has 0 radical (unpaired) electrons. The Morgan fingerprint density at radius 2 is 1.77 bits per heavy atom. The Bertz CT molecular complexity index is 1490. The minimum atomic E-state index is -0.0882. The lowest BCUT2D eigenvalue weighted by Gasteiger charge is -2.11. The summed E-state index contributed by atoms with van der Waals surface area (Å²) in [4.78, 5) is 21.4. The van der Waals surface area contributed by atoms with E-state index in [1.807, 2.05) is 92.0 Å². The van der Waals surface area contributed by atoms with Crippen LogP contribution in [0.1, 0.15) is 17.0 Å². The van der Waals surface area contributed by atoms with Crippen LogP contribution in [0.3, 0.4) is 0 Å². The standard InChI is InChI=1S/C26H21N3O2/c1-17-7-10-19(11-8-17)29-25(28-24-6-4-3-5-21(24)26(29)30)14-9-18-16-27-23-13-12-20(31-2)15-22(18)23/h3-16,27H,1-2H3.